The molecule has 2 nitrogen and oxygen atoms in total. The first kappa shape index (κ1) is 12.8. The van der Waals surface area contributed by atoms with E-state index in [4.69, 9.17) is 4.74 Å². The lowest BCUT2D eigenvalue weighted by Crippen LogP contribution is -2.05. The van der Waals surface area contributed by atoms with Gasteiger partial charge in [0.2, 0.25) is 0 Å². The molecule has 0 aliphatic rings. The van der Waals surface area contributed by atoms with Crippen LogP contribution in [0.5, 0.6) is 5.75 Å². The minimum atomic E-state index is 0.0607. The molecule has 92 valence electrons. The Morgan fingerprint density at radius 1 is 1.17 bits per heavy atom. The van der Waals surface area contributed by atoms with Crippen LogP contribution in [0.1, 0.15) is 15.9 Å². The van der Waals surface area contributed by atoms with Crippen LogP contribution in [0.2, 0.25) is 0 Å². The molecule has 0 atom stereocenters. The van der Waals surface area contributed by atoms with Gasteiger partial charge in [-0.05, 0) is 23.8 Å². The lowest BCUT2D eigenvalue weighted by atomic mass is 10.0. The van der Waals surface area contributed by atoms with E-state index >= 15 is 0 Å². The Labute approximate surface area is 115 Å². The monoisotopic (exact) mass is 304 g/mol. The largest absolute Gasteiger partial charge is 0.496 e. The second kappa shape index (κ2) is 5.83. The first-order chi connectivity index (χ1) is 8.70. The van der Waals surface area contributed by atoms with Crippen LogP contribution in [0, 0.1) is 0 Å². The van der Waals surface area contributed by atoms with Gasteiger partial charge in [-0.25, -0.2) is 0 Å². The van der Waals surface area contributed by atoms with Crippen molar-refractivity contribution < 1.29 is 9.53 Å². The molecule has 0 N–H and O–H groups in total. The van der Waals surface area contributed by atoms with E-state index in [9.17, 15) is 4.79 Å². The summed E-state index contributed by atoms with van der Waals surface area (Å²) in [5.74, 6) is 0.663. The van der Waals surface area contributed by atoms with Crippen LogP contribution in [0.3, 0.4) is 0 Å². The maximum atomic E-state index is 12.2. The van der Waals surface area contributed by atoms with Crippen molar-refractivity contribution in [3.63, 3.8) is 0 Å². The second-order valence-electron chi connectivity index (χ2n) is 3.93. The zero-order valence-corrected chi connectivity index (χ0v) is 11.6. The molecule has 3 heteroatoms. The molecule has 0 radical (unpaired) electrons. The van der Waals surface area contributed by atoms with Gasteiger partial charge in [0, 0.05) is 10.9 Å². The lowest BCUT2D eigenvalue weighted by molar-refractivity contribution is 0.0990. The van der Waals surface area contributed by atoms with Gasteiger partial charge < -0.3 is 4.74 Å². The van der Waals surface area contributed by atoms with Gasteiger partial charge >= 0.3 is 0 Å². The smallest absolute Gasteiger partial charge is 0.170 e. The summed E-state index contributed by atoms with van der Waals surface area (Å²) >= 11 is 3.36. The van der Waals surface area contributed by atoms with Crippen molar-refractivity contribution in [2.24, 2.45) is 0 Å². The first-order valence-electron chi connectivity index (χ1n) is 5.61. The number of benzene rings is 2. The van der Waals surface area contributed by atoms with E-state index in [1.165, 1.54) is 0 Å². The van der Waals surface area contributed by atoms with Crippen LogP contribution in [0.4, 0.5) is 0 Å². The van der Waals surface area contributed by atoms with Crippen molar-refractivity contribution >= 4 is 21.7 Å². The predicted molar refractivity (Wildman–Crippen MR) is 75.2 cm³/mol. The molecule has 0 unspecified atom stereocenters. The molecule has 2 aromatic rings. The molecule has 0 saturated carbocycles. The topological polar surface area (TPSA) is 26.3 Å². The average Bonchev–Trinajstić information content (AvgIpc) is 2.39. The highest BCUT2D eigenvalue weighted by Gasteiger charge is 2.12. The number of carbonyl (C=O) groups is 1. The summed E-state index contributed by atoms with van der Waals surface area (Å²) in [5.41, 5.74) is 1.62. The van der Waals surface area contributed by atoms with Gasteiger partial charge in [-0.2, -0.15) is 0 Å². The minimum absolute atomic E-state index is 0.0607. The Kier molecular flexibility index (Phi) is 4.15. The molecule has 0 amide bonds. The van der Waals surface area contributed by atoms with E-state index in [-0.39, 0.29) is 5.78 Å². The van der Waals surface area contributed by atoms with Gasteiger partial charge in [0.25, 0.3) is 0 Å². The number of hydrogen-bond donors (Lipinski definition) is 0. The number of Topliss-reactive ketones (excluding diaryl/α,β-unsaturated/α-hetero) is 1. The number of halogens is 1. The van der Waals surface area contributed by atoms with Gasteiger partial charge in [-0.3, -0.25) is 4.79 Å². The fourth-order valence-corrected chi connectivity index (χ4v) is 2.11. The van der Waals surface area contributed by atoms with Crippen LogP contribution in [0.15, 0.2) is 53.0 Å². The van der Waals surface area contributed by atoms with Crippen LogP contribution < -0.4 is 4.74 Å². The molecule has 0 heterocycles. The quantitative estimate of drug-likeness (QED) is 0.801. The van der Waals surface area contributed by atoms with Crippen molar-refractivity contribution in [1.82, 2.24) is 0 Å². The minimum Gasteiger partial charge on any atom is -0.496 e. The van der Waals surface area contributed by atoms with Crippen LogP contribution in [-0.4, -0.2) is 12.9 Å². The fourth-order valence-electron chi connectivity index (χ4n) is 1.77. The molecule has 0 saturated heterocycles. The Bertz CT molecular complexity index is 550. The SMILES string of the molecule is COc1cc(Br)ccc1C(=O)Cc1ccccc1. The Balaban J connectivity index is 2.24. The third-order valence-corrected chi connectivity index (χ3v) is 3.16. The summed E-state index contributed by atoms with van der Waals surface area (Å²) in [5, 5.41) is 0. The zero-order chi connectivity index (χ0) is 13.0. The molecule has 0 bridgehead atoms. The number of carbonyl (C=O) groups excluding carboxylic acids is 1. The summed E-state index contributed by atoms with van der Waals surface area (Å²) in [7, 11) is 1.57. The Morgan fingerprint density at radius 2 is 1.89 bits per heavy atom. The zero-order valence-electron chi connectivity index (χ0n) is 10.0. The summed E-state index contributed by atoms with van der Waals surface area (Å²) < 4.78 is 6.13. The summed E-state index contributed by atoms with van der Waals surface area (Å²) in [6.45, 7) is 0. The van der Waals surface area contributed by atoms with Crippen LogP contribution >= 0.6 is 15.9 Å². The Hall–Kier alpha value is -1.61. The standard InChI is InChI=1S/C15H13BrO2/c1-18-15-10-12(16)7-8-13(15)14(17)9-11-5-3-2-4-6-11/h2-8,10H,9H2,1H3. The van der Waals surface area contributed by atoms with Crippen molar-refractivity contribution in [2.75, 3.05) is 7.11 Å². The highest BCUT2D eigenvalue weighted by molar-refractivity contribution is 9.10. The van der Waals surface area contributed by atoms with E-state index in [2.05, 4.69) is 15.9 Å². The maximum absolute atomic E-state index is 12.2. The molecule has 0 aliphatic carbocycles. The van der Waals surface area contributed by atoms with Crippen LogP contribution in [0.25, 0.3) is 0 Å². The molecular formula is C15H13BrO2. The van der Waals surface area contributed by atoms with E-state index in [0.717, 1.165) is 10.0 Å². The average molecular weight is 305 g/mol. The molecule has 18 heavy (non-hydrogen) atoms. The summed E-state index contributed by atoms with van der Waals surface area (Å²) in [6.07, 6.45) is 0.388. The van der Waals surface area contributed by atoms with Crippen molar-refractivity contribution in [3.8, 4) is 5.75 Å². The van der Waals surface area contributed by atoms with E-state index in [0.29, 0.717) is 17.7 Å². The van der Waals surface area contributed by atoms with E-state index in [1.54, 1.807) is 19.2 Å². The molecule has 0 spiro atoms. The fraction of sp³-hybridized carbons (Fsp3) is 0.133. The third kappa shape index (κ3) is 2.99. The number of hydrogen-bond acceptors (Lipinski definition) is 2. The van der Waals surface area contributed by atoms with Gasteiger partial charge in [0.15, 0.2) is 5.78 Å². The van der Waals surface area contributed by atoms with Crippen molar-refractivity contribution in [1.29, 1.82) is 0 Å². The van der Waals surface area contributed by atoms with Crippen LogP contribution in [-0.2, 0) is 6.42 Å². The molecule has 0 fully saturated rings. The number of methoxy groups -OCH3 is 1. The maximum Gasteiger partial charge on any atom is 0.170 e. The lowest BCUT2D eigenvalue weighted by Gasteiger charge is -2.08. The molecular weight excluding hydrogens is 292 g/mol. The summed E-state index contributed by atoms with van der Waals surface area (Å²) in [6, 6.07) is 15.1. The van der Waals surface area contributed by atoms with Crippen molar-refractivity contribution in [2.45, 2.75) is 6.42 Å². The predicted octanol–water partition coefficient (Wildman–Crippen LogP) is 3.88. The molecule has 2 aromatic carbocycles. The second-order valence-corrected chi connectivity index (χ2v) is 4.85. The normalized spacial score (nSPS) is 10.1. The van der Waals surface area contributed by atoms with E-state index in [1.807, 2.05) is 36.4 Å². The molecule has 0 aliphatic heterocycles. The Morgan fingerprint density at radius 3 is 2.56 bits per heavy atom. The van der Waals surface area contributed by atoms with Gasteiger partial charge in [0.1, 0.15) is 5.75 Å². The highest BCUT2D eigenvalue weighted by atomic mass is 79.9. The highest BCUT2D eigenvalue weighted by Crippen LogP contribution is 2.24. The van der Waals surface area contributed by atoms with E-state index < -0.39 is 0 Å². The van der Waals surface area contributed by atoms with Gasteiger partial charge in [-0.1, -0.05) is 46.3 Å². The summed E-state index contributed by atoms with van der Waals surface area (Å²) in [4.78, 5) is 12.2. The number of ether oxygens (including phenoxy) is 1. The van der Waals surface area contributed by atoms with Gasteiger partial charge in [-0.15, -0.1) is 0 Å². The molecule has 0 aromatic heterocycles. The molecule has 2 rings (SSSR count). The van der Waals surface area contributed by atoms with Gasteiger partial charge in [0.05, 0.1) is 12.7 Å². The first-order valence-corrected chi connectivity index (χ1v) is 6.40. The number of ketones is 1. The third-order valence-electron chi connectivity index (χ3n) is 2.67. The van der Waals surface area contributed by atoms with Crippen molar-refractivity contribution in [3.05, 3.63) is 64.1 Å². The number of rotatable bonds is 4.